The molecule has 0 saturated heterocycles. The minimum Gasteiger partial charge on any atom is -0.481 e. The average Bonchev–Trinajstić information content (AvgIpc) is 3.55. The molecule has 5 rings (SSSR count). The van der Waals surface area contributed by atoms with Crippen LogP contribution in [-0.4, -0.2) is 46.5 Å². The first-order valence-corrected chi connectivity index (χ1v) is 12.2. The van der Waals surface area contributed by atoms with E-state index in [2.05, 4.69) is 57.9 Å². The van der Waals surface area contributed by atoms with Crippen molar-refractivity contribution < 1.29 is 9.90 Å². The third-order valence-electron chi connectivity index (χ3n) is 6.90. The number of tetrazole rings is 1. The Balaban J connectivity index is 1.32. The maximum Gasteiger partial charge on any atom is 0.306 e. The third-order valence-corrected chi connectivity index (χ3v) is 6.90. The van der Waals surface area contributed by atoms with Crippen LogP contribution in [0.3, 0.4) is 0 Å². The average molecular weight is 472 g/mol. The molecule has 0 aliphatic heterocycles. The van der Waals surface area contributed by atoms with E-state index < -0.39 is 5.97 Å². The summed E-state index contributed by atoms with van der Waals surface area (Å²) in [4.78, 5) is 16.1. The number of nitrogens with one attached hydrogen (secondary N) is 1. The maximum atomic E-state index is 11.3. The molecule has 0 unspecified atom stereocenters. The molecule has 2 heterocycles. The van der Waals surface area contributed by atoms with Crippen molar-refractivity contribution >= 4 is 5.97 Å². The normalized spacial score (nSPS) is 18.0. The van der Waals surface area contributed by atoms with Crippen LogP contribution in [0.2, 0.25) is 0 Å². The van der Waals surface area contributed by atoms with Crippen molar-refractivity contribution in [2.45, 2.75) is 52.0 Å². The number of hydrogen-bond acceptors (Lipinski definition) is 6. The van der Waals surface area contributed by atoms with Crippen molar-refractivity contribution in [3.63, 3.8) is 0 Å². The van der Waals surface area contributed by atoms with Gasteiger partial charge in [0, 0.05) is 18.4 Å². The van der Waals surface area contributed by atoms with Crippen molar-refractivity contribution in [1.29, 1.82) is 0 Å². The van der Waals surface area contributed by atoms with Crippen LogP contribution in [-0.2, 0) is 24.2 Å². The van der Waals surface area contributed by atoms with Gasteiger partial charge < -0.3 is 5.11 Å². The molecular formula is C26H29N7O2. The highest BCUT2D eigenvalue weighted by Gasteiger charge is 2.27. The first kappa shape index (κ1) is 22.9. The van der Waals surface area contributed by atoms with Gasteiger partial charge in [0.05, 0.1) is 12.5 Å². The van der Waals surface area contributed by atoms with Crippen molar-refractivity contribution in [3.8, 4) is 22.5 Å². The molecule has 4 aromatic rings. The van der Waals surface area contributed by atoms with E-state index >= 15 is 0 Å². The van der Waals surface area contributed by atoms with E-state index in [0.717, 1.165) is 72.4 Å². The van der Waals surface area contributed by atoms with Gasteiger partial charge in [-0.1, -0.05) is 55.5 Å². The monoisotopic (exact) mass is 471 g/mol. The van der Waals surface area contributed by atoms with Gasteiger partial charge in [-0.3, -0.25) is 4.79 Å². The van der Waals surface area contributed by atoms with E-state index in [4.69, 9.17) is 10.1 Å². The summed E-state index contributed by atoms with van der Waals surface area (Å²) in [5.41, 5.74) is 4.25. The molecule has 35 heavy (non-hydrogen) atoms. The predicted octanol–water partition coefficient (Wildman–Crippen LogP) is 4.17. The molecule has 2 aromatic carbocycles. The lowest BCUT2D eigenvalue weighted by molar-refractivity contribution is -0.143. The molecule has 0 bridgehead atoms. The Morgan fingerprint density at radius 1 is 1.06 bits per heavy atom. The zero-order chi connectivity index (χ0) is 24.2. The summed E-state index contributed by atoms with van der Waals surface area (Å²) in [6.45, 7) is 2.72. The summed E-state index contributed by atoms with van der Waals surface area (Å²) in [6, 6.07) is 16.5. The number of carbonyl (C=O) groups is 1. The summed E-state index contributed by atoms with van der Waals surface area (Å²) in [6.07, 6.45) is 5.00. The highest BCUT2D eigenvalue weighted by atomic mass is 16.4. The molecule has 0 atom stereocenters. The number of nitrogens with zero attached hydrogens (tertiary/aromatic N) is 6. The minimum atomic E-state index is -0.663. The molecule has 0 amide bonds. The molecule has 1 fully saturated rings. The van der Waals surface area contributed by atoms with E-state index in [-0.39, 0.29) is 5.92 Å². The van der Waals surface area contributed by atoms with Gasteiger partial charge in [0.25, 0.3) is 0 Å². The van der Waals surface area contributed by atoms with Gasteiger partial charge in [-0.25, -0.2) is 14.8 Å². The molecule has 0 radical (unpaired) electrons. The first-order valence-electron chi connectivity index (χ1n) is 12.2. The van der Waals surface area contributed by atoms with Gasteiger partial charge >= 0.3 is 5.97 Å². The second kappa shape index (κ2) is 10.2. The van der Waals surface area contributed by atoms with Crippen molar-refractivity contribution in [2.75, 3.05) is 0 Å². The van der Waals surface area contributed by atoms with Gasteiger partial charge in [0.2, 0.25) is 0 Å². The number of aryl methyl sites for hydroxylation is 1. The lowest BCUT2D eigenvalue weighted by atomic mass is 9.80. The zero-order valence-electron chi connectivity index (χ0n) is 19.8. The summed E-state index contributed by atoms with van der Waals surface area (Å²) >= 11 is 0. The highest BCUT2D eigenvalue weighted by Crippen LogP contribution is 2.32. The lowest BCUT2D eigenvalue weighted by Gasteiger charge is -2.25. The molecule has 180 valence electrons. The van der Waals surface area contributed by atoms with E-state index in [1.807, 2.05) is 22.9 Å². The van der Waals surface area contributed by atoms with Crippen LogP contribution in [0.1, 0.15) is 49.8 Å². The van der Waals surface area contributed by atoms with Crippen LogP contribution in [0.4, 0.5) is 0 Å². The maximum absolute atomic E-state index is 11.3. The third kappa shape index (κ3) is 5.13. The van der Waals surface area contributed by atoms with Crippen LogP contribution in [0, 0.1) is 11.8 Å². The Labute approximate surface area is 203 Å². The molecule has 2 N–H and O–H groups in total. The number of benzene rings is 2. The van der Waals surface area contributed by atoms with E-state index in [1.54, 1.807) is 0 Å². The second-order valence-electron chi connectivity index (χ2n) is 9.21. The van der Waals surface area contributed by atoms with Crippen LogP contribution in [0.15, 0.2) is 48.5 Å². The second-order valence-corrected chi connectivity index (χ2v) is 9.21. The number of hydrogen-bond donors (Lipinski definition) is 2. The molecule has 9 nitrogen and oxygen atoms in total. The highest BCUT2D eigenvalue weighted by molar-refractivity contribution is 5.80. The molecule has 1 aliphatic carbocycles. The molecule has 2 aromatic heterocycles. The standard InChI is InChI=1S/C26H29N7O2/c1-2-23-27-24(15-17-7-13-20(14-8-17)26(34)35)33(30-23)16-18-9-11-19(12-10-18)21-5-3-4-6-22(21)25-28-31-32-29-25/h3-6,9-12,17,20H,2,7-8,13-16H2,1H3,(H,34,35)(H,28,29,31,32). The van der Waals surface area contributed by atoms with E-state index in [1.165, 1.54) is 0 Å². The Morgan fingerprint density at radius 2 is 1.80 bits per heavy atom. The number of carboxylic acids is 1. The number of aromatic amines is 1. The fraction of sp³-hybridized carbons (Fsp3) is 0.385. The van der Waals surface area contributed by atoms with Crippen molar-refractivity contribution in [2.24, 2.45) is 11.8 Å². The zero-order valence-corrected chi connectivity index (χ0v) is 19.8. The summed E-state index contributed by atoms with van der Waals surface area (Å²) in [5.74, 6) is 2.09. The molecule has 9 heteroatoms. The topological polar surface area (TPSA) is 122 Å². The molecular weight excluding hydrogens is 442 g/mol. The fourth-order valence-corrected chi connectivity index (χ4v) is 4.90. The summed E-state index contributed by atoms with van der Waals surface area (Å²) in [5, 5.41) is 28.3. The smallest absolute Gasteiger partial charge is 0.306 e. The van der Waals surface area contributed by atoms with Crippen molar-refractivity contribution in [1.82, 2.24) is 35.4 Å². The summed E-state index contributed by atoms with van der Waals surface area (Å²) < 4.78 is 2.02. The largest absolute Gasteiger partial charge is 0.481 e. The van der Waals surface area contributed by atoms with Gasteiger partial charge in [0.1, 0.15) is 5.82 Å². The minimum absolute atomic E-state index is 0.195. The predicted molar refractivity (Wildman–Crippen MR) is 130 cm³/mol. The van der Waals surface area contributed by atoms with Crippen molar-refractivity contribution in [3.05, 3.63) is 65.7 Å². The first-order chi connectivity index (χ1) is 17.1. The van der Waals surface area contributed by atoms with Crippen LogP contribution in [0.25, 0.3) is 22.5 Å². The Kier molecular flexibility index (Phi) is 6.65. The number of H-pyrrole nitrogens is 1. The summed E-state index contributed by atoms with van der Waals surface area (Å²) in [7, 11) is 0. The quantitative estimate of drug-likeness (QED) is 0.395. The lowest BCUT2D eigenvalue weighted by Crippen LogP contribution is -2.23. The number of carboxylic acid groups (broad SMARTS) is 1. The van der Waals surface area contributed by atoms with Gasteiger partial charge in [-0.2, -0.15) is 5.10 Å². The van der Waals surface area contributed by atoms with Gasteiger partial charge in [-0.05, 0) is 58.7 Å². The fourth-order valence-electron chi connectivity index (χ4n) is 4.90. The van der Waals surface area contributed by atoms with Gasteiger partial charge in [0.15, 0.2) is 11.6 Å². The molecule has 1 saturated carbocycles. The number of rotatable bonds is 8. The van der Waals surface area contributed by atoms with E-state index in [0.29, 0.717) is 18.3 Å². The Bertz CT molecular complexity index is 1270. The van der Waals surface area contributed by atoms with Gasteiger partial charge in [-0.15, -0.1) is 5.10 Å². The number of aromatic nitrogens is 7. The van der Waals surface area contributed by atoms with E-state index in [9.17, 15) is 9.90 Å². The molecule has 0 spiro atoms. The Hall–Kier alpha value is -3.88. The van der Waals surface area contributed by atoms with Crippen LogP contribution in [0.5, 0.6) is 0 Å². The van der Waals surface area contributed by atoms with Crippen LogP contribution >= 0.6 is 0 Å². The number of aliphatic carboxylic acids is 1. The molecule has 1 aliphatic rings. The Morgan fingerprint density at radius 3 is 2.46 bits per heavy atom. The SMILES string of the molecule is CCc1nc(CC2CCC(C(=O)O)CC2)n(Cc2ccc(-c3ccccc3-c3nnn[nH]3)cc2)n1. The van der Waals surface area contributed by atoms with Crippen LogP contribution < -0.4 is 0 Å².